The molecule has 0 spiro atoms. The molecule has 0 saturated carbocycles. The summed E-state index contributed by atoms with van der Waals surface area (Å²) in [5.74, 6) is -0.485. The van der Waals surface area contributed by atoms with Crippen LogP contribution in [0.3, 0.4) is 0 Å². The second kappa shape index (κ2) is 5.97. The number of halogens is 1. The number of ether oxygens (including phenoxy) is 1. The fourth-order valence-electron chi connectivity index (χ4n) is 1.23. The number of rotatable bonds is 3. The molecule has 0 amide bonds. The van der Waals surface area contributed by atoms with Crippen molar-refractivity contribution >= 4 is 33.7 Å². The Hall–Kier alpha value is -1.40. The summed E-state index contributed by atoms with van der Waals surface area (Å²) >= 11 is 4.88. The van der Waals surface area contributed by atoms with Crippen molar-refractivity contribution in [1.82, 2.24) is 9.97 Å². The van der Waals surface area contributed by atoms with Gasteiger partial charge in [-0.3, -0.25) is 0 Å². The molecule has 2 rings (SSSR count). The molecular weight excluding hydrogens is 316 g/mol. The summed E-state index contributed by atoms with van der Waals surface area (Å²) in [4.78, 5) is 20.4. The van der Waals surface area contributed by atoms with Gasteiger partial charge in [0.2, 0.25) is 0 Å². The zero-order chi connectivity index (χ0) is 13.0. The standard InChI is InChI=1S/C12H9BrN2O2S/c1-17-12(16)10-6-15-11(7-14-10)18-9-4-2-3-8(13)5-9/h2-7H,1H3. The van der Waals surface area contributed by atoms with Gasteiger partial charge in [-0.1, -0.05) is 33.8 Å². The van der Waals surface area contributed by atoms with Crippen molar-refractivity contribution in [3.8, 4) is 0 Å². The third-order valence-electron chi connectivity index (χ3n) is 2.04. The predicted molar refractivity (Wildman–Crippen MR) is 71.6 cm³/mol. The molecule has 92 valence electrons. The Labute approximate surface area is 117 Å². The van der Waals surface area contributed by atoms with Crippen LogP contribution in [-0.4, -0.2) is 23.0 Å². The van der Waals surface area contributed by atoms with Gasteiger partial charge in [0.05, 0.1) is 19.5 Å². The van der Waals surface area contributed by atoms with E-state index in [-0.39, 0.29) is 5.69 Å². The molecule has 0 aliphatic heterocycles. The van der Waals surface area contributed by atoms with Gasteiger partial charge in [0.25, 0.3) is 0 Å². The fraction of sp³-hybridized carbons (Fsp3) is 0.0833. The summed E-state index contributed by atoms with van der Waals surface area (Å²) in [6.45, 7) is 0. The molecule has 1 aromatic carbocycles. The maximum atomic E-state index is 11.2. The molecule has 1 aromatic heterocycles. The quantitative estimate of drug-likeness (QED) is 0.811. The molecule has 0 N–H and O–H groups in total. The van der Waals surface area contributed by atoms with Crippen molar-refractivity contribution in [2.45, 2.75) is 9.92 Å². The van der Waals surface area contributed by atoms with Crippen molar-refractivity contribution in [3.05, 3.63) is 46.8 Å². The molecular formula is C12H9BrN2O2S. The maximum absolute atomic E-state index is 11.2. The third kappa shape index (κ3) is 3.30. The van der Waals surface area contributed by atoms with E-state index < -0.39 is 5.97 Å². The maximum Gasteiger partial charge on any atom is 0.358 e. The van der Waals surface area contributed by atoms with Crippen LogP contribution in [0.1, 0.15) is 10.5 Å². The van der Waals surface area contributed by atoms with Crippen molar-refractivity contribution in [2.75, 3.05) is 7.11 Å². The molecule has 0 atom stereocenters. The van der Waals surface area contributed by atoms with E-state index in [2.05, 4.69) is 30.6 Å². The van der Waals surface area contributed by atoms with Crippen LogP contribution in [0.4, 0.5) is 0 Å². The number of carbonyl (C=O) groups excluding carboxylic acids is 1. The second-order valence-corrected chi connectivity index (χ2v) is 5.30. The number of benzene rings is 1. The number of esters is 1. The Morgan fingerprint density at radius 2 is 2.17 bits per heavy atom. The first-order chi connectivity index (χ1) is 8.69. The number of nitrogens with zero attached hydrogens (tertiary/aromatic N) is 2. The first-order valence-corrected chi connectivity index (χ1v) is 6.64. The first kappa shape index (κ1) is 13.0. The molecule has 0 bridgehead atoms. The summed E-state index contributed by atoms with van der Waals surface area (Å²) < 4.78 is 5.56. The van der Waals surface area contributed by atoms with Crippen LogP contribution < -0.4 is 0 Å². The molecule has 6 heteroatoms. The minimum atomic E-state index is -0.485. The lowest BCUT2D eigenvalue weighted by Gasteiger charge is -2.02. The minimum Gasteiger partial charge on any atom is -0.464 e. The predicted octanol–water partition coefficient (Wildman–Crippen LogP) is 3.18. The highest BCUT2D eigenvalue weighted by atomic mass is 79.9. The number of aromatic nitrogens is 2. The van der Waals surface area contributed by atoms with E-state index in [1.807, 2.05) is 24.3 Å². The molecule has 18 heavy (non-hydrogen) atoms. The Bertz CT molecular complexity index is 560. The monoisotopic (exact) mass is 324 g/mol. The van der Waals surface area contributed by atoms with E-state index in [9.17, 15) is 4.79 Å². The van der Waals surface area contributed by atoms with E-state index >= 15 is 0 Å². The highest BCUT2D eigenvalue weighted by Gasteiger charge is 2.07. The number of hydrogen-bond acceptors (Lipinski definition) is 5. The molecule has 0 fully saturated rings. The highest BCUT2D eigenvalue weighted by molar-refractivity contribution is 9.10. The molecule has 0 radical (unpaired) electrons. The van der Waals surface area contributed by atoms with Gasteiger partial charge in [-0.15, -0.1) is 0 Å². The average Bonchev–Trinajstić information content (AvgIpc) is 2.39. The minimum absolute atomic E-state index is 0.205. The van der Waals surface area contributed by atoms with Gasteiger partial charge in [-0.2, -0.15) is 0 Å². The van der Waals surface area contributed by atoms with Crippen LogP contribution >= 0.6 is 27.7 Å². The second-order valence-electron chi connectivity index (χ2n) is 3.29. The van der Waals surface area contributed by atoms with E-state index in [1.54, 1.807) is 6.20 Å². The van der Waals surface area contributed by atoms with Crippen LogP contribution in [0.15, 0.2) is 51.1 Å². The molecule has 0 aliphatic rings. The molecule has 1 heterocycles. The molecule has 0 saturated heterocycles. The number of carbonyl (C=O) groups is 1. The van der Waals surface area contributed by atoms with Gasteiger partial charge in [-0.05, 0) is 18.2 Å². The summed E-state index contributed by atoms with van der Waals surface area (Å²) in [6.07, 6.45) is 2.96. The van der Waals surface area contributed by atoms with Crippen LogP contribution in [0.5, 0.6) is 0 Å². The molecule has 0 aliphatic carbocycles. The van der Waals surface area contributed by atoms with Crippen molar-refractivity contribution in [1.29, 1.82) is 0 Å². The van der Waals surface area contributed by atoms with E-state index in [4.69, 9.17) is 0 Å². The summed E-state index contributed by atoms with van der Waals surface area (Å²) in [7, 11) is 1.31. The van der Waals surface area contributed by atoms with Crippen LogP contribution in [-0.2, 0) is 4.74 Å². The van der Waals surface area contributed by atoms with Gasteiger partial charge in [0.15, 0.2) is 5.69 Å². The largest absolute Gasteiger partial charge is 0.464 e. The van der Waals surface area contributed by atoms with Crippen LogP contribution in [0, 0.1) is 0 Å². The topological polar surface area (TPSA) is 52.1 Å². The van der Waals surface area contributed by atoms with Gasteiger partial charge in [0, 0.05) is 9.37 Å². The van der Waals surface area contributed by atoms with Gasteiger partial charge in [-0.25, -0.2) is 14.8 Å². The summed E-state index contributed by atoms with van der Waals surface area (Å²) in [5, 5.41) is 0.723. The third-order valence-corrected chi connectivity index (χ3v) is 3.44. The Balaban J connectivity index is 2.13. The zero-order valence-corrected chi connectivity index (χ0v) is 11.9. The van der Waals surface area contributed by atoms with E-state index in [0.717, 1.165) is 14.4 Å². The van der Waals surface area contributed by atoms with Crippen molar-refractivity contribution in [3.63, 3.8) is 0 Å². The molecule has 0 unspecified atom stereocenters. The Morgan fingerprint density at radius 1 is 1.33 bits per heavy atom. The molecule has 2 aromatic rings. The van der Waals surface area contributed by atoms with E-state index in [0.29, 0.717) is 0 Å². The Morgan fingerprint density at radius 3 is 2.78 bits per heavy atom. The number of hydrogen-bond donors (Lipinski definition) is 0. The smallest absolute Gasteiger partial charge is 0.358 e. The van der Waals surface area contributed by atoms with E-state index in [1.165, 1.54) is 25.1 Å². The average molecular weight is 325 g/mol. The lowest BCUT2D eigenvalue weighted by atomic mass is 10.4. The van der Waals surface area contributed by atoms with Gasteiger partial charge in [0.1, 0.15) is 5.03 Å². The van der Waals surface area contributed by atoms with Gasteiger partial charge < -0.3 is 4.74 Å². The molecule has 4 nitrogen and oxygen atoms in total. The lowest BCUT2D eigenvalue weighted by Crippen LogP contribution is -2.04. The van der Waals surface area contributed by atoms with Crippen molar-refractivity contribution < 1.29 is 9.53 Å². The van der Waals surface area contributed by atoms with Gasteiger partial charge >= 0.3 is 5.97 Å². The summed E-state index contributed by atoms with van der Waals surface area (Å²) in [6, 6.07) is 7.87. The van der Waals surface area contributed by atoms with Crippen LogP contribution in [0.25, 0.3) is 0 Å². The highest BCUT2D eigenvalue weighted by Crippen LogP contribution is 2.27. The Kier molecular flexibility index (Phi) is 4.33. The lowest BCUT2D eigenvalue weighted by molar-refractivity contribution is 0.0593. The van der Waals surface area contributed by atoms with Crippen molar-refractivity contribution in [2.24, 2.45) is 0 Å². The normalized spacial score (nSPS) is 10.1. The number of methoxy groups -OCH3 is 1. The zero-order valence-electron chi connectivity index (χ0n) is 9.46. The van der Waals surface area contributed by atoms with Crippen LogP contribution in [0.2, 0.25) is 0 Å². The SMILES string of the molecule is COC(=O)c1cnc(Sc2cccc(Br)c2)cn1. The fourth-order valence-corrected chi connectivity index (χ4v) is 2.57. The first-order valence-electron chi connectivity index (χ1n) is 5.03. The summed E-state index contributed by atoms with van der Waals surface area (Å²) in [5.41, 5.74) is 0.205.